The molecule has 4 N–H and O–H groups in total. The Morgan fingerprint density at radius 1 is 1.32 bits per heavy atom. The first-order chi connectivity index (χ1) is 10.4. The number of hydrogen-bond donors (Lipinski definition) is 3. The largest absolute Gasteiger partial charge is 0.363 e. The zero-order chi connectivity index (χ0) is 15.7. The Bertz CT molecular complexity index is 612. The SMILES string of the molecule is NS(=O)(=O)N[C@H]1CC[C@@H]2CN1C(O)N2OCc1ccccc1. The molecule has 2 fully saturated rings. The Labute approximate surface area is 129 Å². The lowest BCUT2D eigenvalue weighted by molar-refractivity contribution is -0.266. The van der Waals surface area contributed by atoms with Crippen molar-refractivity contribution in [2.45, 2.75) is 38.0 Å². The molecule has 122 valence electrons. The van der Waals surface area contributed by atoms with Crippen LogP contribution in [0.5, 0.6) is 0 Å². The Morgan fingerprint density at radius 3 is 2.73 bits per heavy atom. The summed E-state index contributed by atoms with van der Waals surface area (Å²) < 4.78 is 24.7. The third kappa shape index (κ3) is 3.46. The van der Waals surface area contributed by atoms with Crippen LogP contribution < -0.4 is 9.86 Å². The Kier molecular flexibility index (Phi) is 4.46. The smallest absolute Gasteiger partial charge is 0.275 e. The summed E-state index contributed by atoms with van der Waals surface area (Å²) in [5.41, 5.74) is 1.00. The highest BCUT2D eigenvalue weighted by Gasteiger charge is 2.47. The van der Waals surface area contributed by atoms with Crippen molar-refractivity contribution < 1.29 is 18.4 Å². The number of piperidine rings is 1. The van der Waals surface area contributed by atoms with E-state index in [0.29, 0.717) is 19.6 Å². The minimum Gasteiger partial charge on any atom is -0.363 e. The molecule has 1 aromatic carbocycles. The summed E-state index contributed by atoms with van der Waals surface area (Å²) in [6, 6.07) is 9.70. The van der Waals surface area contributed by atoms with Crippen LogP contribution in [-0.2, 0) is 21.7 Å². The van der Waals surface area contributed by atoms with Gasteiger partial charge in [0.1, 0.15) is 0 Å². The van der Waals surface area contributed by atoms with Crippen LogP contribution in [-0.4, -0.2) is 48.6 Å². The maximum Gasteiger partial charge on any atom is 0.275 e. The van der Waals surface area contributed by atoms with Gasteiger partial charge in [0.2, 0.25) is 0 Å². The van der Waals surface area contributed by atoms with Gasteiger partial charge in [0.25, 0.3) is 10.2 Å². The van der Waals surface area contributed by atoms with Crippen molar-refractivity contribution in [2.24, 2.45) is 5.14 Å². The molecule has 3 rings (SSSR count). The zero-order valence-electron chi connectivity index (χ0n) is 12.0. The minimum atomic E-state index is -3.81. The fourth-order valence-electron chi connectivity index (χ4n) is 2.99. The summed E-state index contributed by atoms with van der Waals surface area (Å²) >= 11 is 0. The van der Waals surface area contributed by atoms with E-state index in [9.17, 15) is 13.5 Å². The van der Waals surface area contributed by atoms with Gasteiger partial charge in [0.05, 0.1) is 18.8 Å². The van der Waals surface area contributed by atoms with Crippen LogP contribution in [0.4, 0.5) is 0 Å². The van der Waals surface area contributed by atoms with Crippen molar-refractivity contribution in [1.29, 1.82) is 0 Å². The topological polar surface area (TPSA) is 108 Å². The molecule has 0 amide bonds. The molecular weight excluding hydrogens is 308 g/mol. The summed E-state index contributed by atoms with van der Waals surface area (Å²) in [5, 5.41) is 16.9. The van der Waals surface area contributed by atoms with Crippen LogP contribution in [0.25, 0.3) is 0 Å². The number of nitrogens with one attached hydrogen (secondary N) is 1. The van der Waals surface area contributed by atoms with Crippen molar-refractivity contribution >= 4 is 10.2 Å². The third-order valence-electron chi connectivity index (χ3n) is 4.00. The molecule has 0 aromatic heterocycles. The zero-order valence-corrected chi connectivity index (χ0v) is 12.8. The van der Waals surface area contributed by atoms with Crippen molar-refractivity contribution in [2.75, 3.05) is 6.54 Å². The molecule has 2 aliphatic heterocycles. The number of benzene rings is 1. The average Bonchev–Trinajstić information content (AvgIpc) is 2.72. The van der Waals surface area contributed by atoms with Crippen LogP contribution in [0.1, 0.15) is 18.4 Å². The summed E-state index contributed by atoms with van der Waals surface area (Å²) in [5.74, 6) is 0. The molecule has 9 heteroatoms. The first-order valence-electron chi connectivity index (χ1n) is 7.13. The number of rotatable bonds is 5. The summed E-state index contributed by atoms with van der Waals surface area (Å²) in [7, 11) is -3.81. The van der Waals surface area contributed by atoms with Crippen molar-refractivity contribution in [1.82, 2.24) is 14.7 Å². The molecular formula is C13H20N4O4S. The highest BCUT2D eigenvalue weighted by Crippen LogP contribution is 2.31. The van der Waals surface area contributed by atoms with Crippen LogP contribution in [0.15, 0.2) is 30.3 Å². The molecule has 2 bridgehead atoms. The number of aliphatic hydroxyl groups excluding tert-OH is 1. The van der Waals surface area contributed by atoms with E-state index in [1.54, 1.807) is 4.90 Å². The van der Waals surface area contributed by atoms with Crippen molar-refractivity contribution in [3.8, 4) is 0 Å². The molecule has 0 radical (unpaired) electrons. The molecule has 22 heavy (non-hydrogen) atoms. The summed E-state index contributed by atoms with van der Waals surface area (Å²) in [4.78, 5) is 7.37. The summed E-state index contributed by atoms with van der Waals surface area (Å²) in [6.45, 7) is 0.888. The number of nitrogens with two attached hydrogens (primary N) is 1. The van der Waals surface area contributed by atoms with Gasteiger partial charge in [0.15, 0.2) is 6.35 Å². The quantitative estimate of drug-likeness (QED) is 0.659. The van der Waals surface area contributed by atoms with E-state index in [2.05, 4.69) is 4.72 Å². The number of nitrogens with zero attached hydrogens (tertiary/aromatic N) is 2. The molecule has 4 atom stereocenters. The Balaban J connectivity index is 1.64. The molecule has 2 unspecified atom stereocenters. The normalized spacial score (nSPS) is 32.3. The lowest BCUT2D eigenvalue weighted by Gasteiger charge is -2.31. The van der Waals surface area contributed by atoms with Gasteiger partial charge in [-0.2, -0.15) is 13.1 Å². The monoisotopic (exact) mass is 328 g/mol. The second-order valence-electron chi connectivity index (χ2n) is 5.57. The highest BCUT2D eigenvalue weighted by molar-refractivity contribution is 7.87. The molecule has 2 saturated heterocycles. The predicted molar refractivity (Wildman–Crippen MR) is 78.8 cm³/mol. The third-order valence-corrected chi connectivity index (χ3v) is 4.60. The van der Waals surface area contributed by atoms with E-state index in [1.165, 1.54) is 5.06 Å². The Morgan fingerprint density at radius 2 is 2.05 bits per heavy atom. The first kappa shape index (κ1) is 15.8. The van der Waals surface area contributed by atoms with Crippen LogP contribution in [0.3, 0.4) is 0 Å². The van der Waals surface area contributed by atoms with E-state index in [4.69, 9.17) is 9.98 Å². The fourth-order valence-corrected chi connectivity index (χ4v) is 3.62. The van der Waals surface area contributed by atoms with E-state index in [-0.39, 0.29) is 6.04 Å². The standard InChI is InChI=1S/C13H20N4O4S/c14-22(19,20)15-12-7-6-11-8-16(12)13(18)17(11)21-9-10-4-2-1-3-5-10/h1-5,11-13,15,18H,6-9H2,(H2,14,19,20)/t11-,12-,13?/m1/s1. The van der Waals surface area contributed by atoms with Crippen LogP contribution in [0, 0.1) is 0 Å². The van der Waals surface area contributed by atoms with Crippen molar-refractivity contribution in [3.05, 3.63) is 35.9 Å². The van der Waals surface area contributed by atoms with Crippen molar-refractivity contribution in [3.63, 3.8) is 0 Å². The maximum absolute atomic E-state index is 11.2. The maximum atomic E-state index is 11.2. The molecule has 1 aromatic rings. The lowest BCUT2D eigenvalue weighted by Crippen LogP contribution is -2.54. The second kappa shape index (κ2) is 6.20. The van der Waals surface area contributed by atoms with E-state index < -0.39 is 22.7 Å². The highest BCUT2D eigenvalue weighted by atomic mass is 32.2. The predicted octanol–water partition coefficient (Wildman–Crippen LogP) is -0.707. The molecule has 2 aliphatic rings. The van der Waals surface area contributed by atoms with E-state index in [1.807, 2.05) is 30.3 Å². The minimum absolute atomic E-state index is 0.0391. The van der Waals surface area contributed by atoms with Gasteiger partial charge >= 0.3 is 0 Å². The number of hydroxylamine groups is 2. The number of fused-ring (bicyclic) bond motifs is 2. The molecule has 0 saturated carbocycles. The second-order valence-corrected chi connectivity index (χ2v) is 6.90. The molecule has 0 aliphatic carbocycles. The molecule has 0 spiro atoms. The van der Waals surface area contributed by atoms with Crippen LogP contribution in [0.2, 0.25) is 0 Å². The van der Waals surface area contributed by atoms with Gasteiger partial charge in [-0.1, -0.05) is 30.3 Å². The molecule has 8 nitrogen and oxygen atoms in total. The lowest BCUT2D eigenvalue weighted by atomic mass is 10.1. The number of aliphatic hydroxyl groups is 1. The van der Waals surface area contributed by atoms with Gasteiger partial charge in [-0.25, -0.2) is 10.0 Å². The number of hydrogen-bond acceptors (Lipinski definition) is 6. The van der Waals surface area contributed by atoms with Gasteiger partial charge < -0.3 is 5.11 Å². The first-order valence-corrected chi connectivity index (χ1v) is 8.68. The fraction of sp³-hybridized carbons (Fsp3) is 0.538. The molecule has 2 heterocycles. The van der Waals surface area contributed by atoms with Gasteiger partial charge in [-0.3, -0.25) is 4.84 Å². The van der Waals surface area contributed by atoms with Crippen LogP contribution >= 0.6 is 0 Å². The van der Waals surface area contributed by atoms with Gasteiger partial charge in [0, 0.05) is 6.54 Å². The van der Waals surface area contributed by atoms with E-state index in [0.717, 1.165) is 12.0 Å². The Hall–Kier alpha value is -1.07. The van der Waals surface area contributed by atoms with E-state index >= 15 is 0 Å². The summed E-state index contributed by atoms with van der Waals surface area (Å²) in [6.07, 6.45) is -0.208. The van der Waals surface area contributed by atoms with Gasteiger partial charge in [-0.05, 0) is 18.4 Å². The van der Waals surface area contributed by atoms with Gasteiger partial charge in [-0.15, -0.1) is 5.06 Å². The average molecular weight is 328 g/mol.